The first-order valence-electron chi connectivity index (χ1n) is 10.3. The average molecular weight is 393 g/mol. The summed E-state index contributed by atoms with van der Waals surface area (Å²) in [4.78, 5) is 25.4. The van der Waals surface area contributed by atoms with Crippen molar-refractivity contribution in [2.75, 3.05) is 36.5 Å². The molecule has 1 atom stereocenters. The van der Waals surface area contributed by atoms with E-state index < -0.39 is 0 Å². The number of guanidine groups is 1. The zero-order valence-electron chi connectivity index (χ0n) is 16.8. The topological polar surface area (TPSA) is 72.9 Å². The van der Waals surface area contributed by atoms with Gasteiger partial charge in [0.15, 0.2) is 5.96 Å². The molecule has 2 saturated heterocycles. The lowest BCUT2D eigenvalue weighted by Gasteiger charge is -2.19. The van der Waals surface area contributed by atoms with Crippen LogP contribution in [-0.2, 0) is 11.3 Å². The van der Waals surface area contributed by atoms with Crippen molar-refractivity contribution in [3.63, 3.8) is 0 Å². The van der Waals surface area contributed by atoms with E-state index >= 15 is 0 Å². The number of benzene rings is 1. The maximum absolute atomic E-state index is 12.4. The van der Waals surface area contributed by atoms with Gasteiger partial charge in [0.05, 0.1) is 6.04 Å². The molecule has 29 heavy (non-hydrogen) atoms. The molecule has 0 aliphatic carbocycles. The third kappa shape index (κ3) is 4.67. The van der Waals surface area contributed by atoms with Gasteiger partial charge in [-0.05, 0) is 42.7 Å². The van der Waals surface area contributed by atoms with E-state index in [4.69, 9.17) is 0 Å². The molecule has 7 heteroatoms. The fraction of sp³-hybridized carbons (Fsp3) is 0.409. The van der Waals surface area contributed by atoms with E-state index in [0.717, 1.165) is 24.6 Å². The SMILES string of the molecule is CN=C(NCc1ccnc(N2CCCC2)c1)NC1CC(=O)N(c2ccccc2)C1. The summed E-state index contributed by atoms with van der Waals surface area (Å²) in [6, 6.07) is 14.0. The molecule has 2 aromatic rings. The van der Waals surface area contributed by atoms with Crippen LogP contribution in [0, 0.1) is 0 Å². The largest absolute Gasteiger partial charge is 0.357 e. The van der Waals surface area contributed by atoms with Gasteiger partial charge in [0.1, 0.15) is 5.82 Å². The Bertz CT molecular complexity index is 863. The number of aromatic nitrogens is 1. The number of carbonyl (C=O) groups is 1. The highest BCUT2D eigenvalue weighted by Gasteiger charge is 2.31. The molecule has 2 fully saturated rings. The van der Waals surface area contributed by atoms with E-state index in [0.29, 0.717) is 25.5 Å². The predicted octanol–water partition coefficient (Wildman–Crippen LogP) is 2.15. The van der Waals surface area contributed by atoms with E-state index in [-0.39, 0.29) is 11.9 Å². The molecular weight excluding hydrogens is 364 g/mol. The van der Waals surface area contributed by atoms with Gasteiger partial charge in [0.25, 0.3) is 0 Å². The number of hydrogen-bond donors (Lipinski definition) is 2. The van der Waals surface area contributed by atoms with Gasteiger partial charge in [-0.15, -0.1) is 0 Å². The van der Waals surface area contributed by atoms with Crippen LogP contribution in [0.5, 0.6) is 0 Å². The Kier molecular flexibility index (Phi) is 5.93. The summed E-state index contributed by atoms with van der Waals surface area (Å²) in [5, 5.41) is 6.75. The van der Waals surface area contributed by atoms with Crippen LogP contribution in [0.4, 0.5) is 11.5 Å². The van der Waals surface area contributed by atoms with E-state index in [9.17, 15) is 4.79 Å². The third-order valence-corrected chi connectivity index (χ3v) is 5.46. The normalized spacial score (nSPS) is 19.7. The fourth-order valence-corrected chi connectivity index (χ4v) is 3.93. The smallest absolute Gasteiger partial charge is 0.229 e. The van der Waals surface area contributed by atoms with Crippen LogP contribution in [0.1, 0.15) is 24.8 Å². The summed E-state index contributed by atoms with van der Waals surface area (Å²) in [5.74, 6) is 1.88. The zero-order chi connectivity index (χ0) is 20.1. The van der Waals surface area contributed by atoms with Crippen LogP contribution in [-0.4, -0.2) is 49.6 Å². The lowest BCUT2D eigenvalue weighted by Crippen LogP contribution is -2.44. The molecule has 0 spiro atoms. The summed E-state index contributed by atoms with van der Waals surface area (Å²) in [5.41, 5.74) is 2.11. The Morgan fingerprint density at radius 2 is 2.00 bits per heavy atom. The Morgan fingerprint density at radius 1 is 1.21 bits per heavy atom. The highest BCUT2D eigenvalue weighted by molar-refractivity contribution is 5.97. The van der Waals surface area contributed by atoms with Crippen LogP contribution in [0.3, 0.4) is 0 Å². The summed E-state index contributed by atoms with van der Waals surface area (Å²) >= 11 is 0. The van der Waals surface area contributed by atoms with E-state index in [1.165, 1.54) is 18.4 Å². The van der Waals surface area contributed by atoms with E-state index in [1.54, 1.807) is 7.05 Å². The highest BCUT2D eigenvalue weighted by atomic mass is 16.2. The molecule has 2 aliphatic heterocycles. The summed E-state index contributed by atoms with van der Waals surface area (Å²) in [6.07, 6.45) is 4.81. The fourth-order valence-electron chi connectivity index (χ4n) is 3.93. The van der Waals surface area contributed by atoms with Crippen LogP contribution in [0.2, 0.25) is 0 Å². The number of nitrogens with zero attached hydrogens (tertiary/aromatic N) is 4. The number of aliphatic imine (C=N–C) groups is 1. The van der Waals surface area contributed by atoms with Gasteiger partial charge in [-0.25, -0.2) is 4.98 Å². The first kappa shape index (κ1) is 19.2. The van der Waals surface area contributed by atoms with Crippen LogP contribution >= 0.6 is 0 Å². The Balaban J connectivity index is 1.32. The maximum atomic E-state index is 12.4. The number of pyridine rings is 1. The Hall–Kier alpha value is -3.09. The summed E-state index contributed by atoms with van der Waals surface area (Å²) in [7, 11) is 1.75. The Labute approximate surface area is 171 Å². The molecular formula is C22H28N6O. The van der Waals surface area contributed by atoms with E-state index in [2.05, 4.69) is 31.6 Å². The standard InChI is InChI=1S/C22H28N6O/c1-23-22(25-15-17-9-10-24-20(13-17)27-11-5-6-12-27)26-18-14-21(29)28(16-18)19-7-3-2-4-8-19/h2-4,7-10,13,18H,5-6,11-12,14-16H2,1H3,(H2,23,25,26). The second kappa shape index (κ2) is 8.94. The van der Waals surface area contributed by atoms with E-state index in [1.807, 2.05) is 47.5 Å². The zero-order valence-corrected chi connectivity index (χ0v) is 16.8. The lowest BCUT2D eigenvalue weighted by atomic mass is 10.2. The average Bonchev–Trinajstić information content (AvgIpc) is 3.42. The molecule has 1 aromatic carbocycles. The predicted molar refractivity (Wildman–Crippen MR) is 116 cm³/mol. The molecule has 152 valence electrons. The number of hydrogen-bond acceptors (Lipinski definition) is 4. The first-order valence-corrected chi connectivity index (χ1v) is 10.3. The first-order chi connectivity index (χ1) is 14.2. The van der Waals surface area contributed by atoms with Crippen LogP contribution in [0.25, 0.3) is 0 Å². The molecule has 7 nitrogen and oxygen atoms in total. The van der Waals surface area contributed by atoms with Crippen molar-refractivity contribution in [3.05, 3.63) is 54.2 Å². The number of carbonyl (C=O) groups excluding carboxylic acids is 1. The molecule has 4 rings (SSSR count). The lowest BCUT2D eigenvalue weighted by molar-refractivity contribution is -0.117. The van der Waals surface area contributed by atoms with Gasteiger partial charge < -0.3 is 20.4 Å². The van der Waals surface area contributed by atoms with Crippen molar-refractivity contribution < 1.29 is 4.79 Å². The second-order valence-corrected chi connectivity index (χ2v) is 7.53. The molecule has 2 N–H and O–H groups in total. The molecule has 0 saturated carbocycles. The summed E-state index contributed by atoms with van der Waals surface area (Å²) < 4.78 is 0. The van der Waals surface area contributed by atoms with Crippen LogP contribution in [0.15, 0.2) is 53.7 Å². The van der Waals surface area contributed by atoms with Crippen molar-refractivity contribution in [2.24, 2.45) is 4.99 Å². The minimum atomic E-state index is 0.0338. The number of nitrogens with one attached hydrogen (secondary N) is 2. The number of anilines is 2. The monoisotopic (exact) mass is 392 g/mol. The molecule has 1 amide bonds. The van der Waals surface area contributed by atoms with Crippen molar-refractivity contribution in [1.82, 2.24) is 15.6 Å². The van der Waals surface area contributed by atoms with Crippen molar-refractivity contribution in [2.45, 2.75) is 31.8 Å². The number of para-hydroxylation sites is 1. The van der Waals surface area contributed by atoms with Gasteiger partial charge in [-0.1, -0.05) is 18.2 Å². The van der Waals surface area contributed by atoms with Crippen molar-refractivity contribution in [1.29, 1.82) is 0 Å². The van der Waals surface area contributed by atoms with Gasteiger partial charge in [-0.3, -0.25) is 9.79 Å². The molecule has 0 bridgehead atoms. The molecule has 1 unspecified atom stereocenters. The number of amides is 1. The molecule has 1 aromatic heterocycles. The van der Waals surface area contributed by atoms with Crippen LogP contribution < -0.4 is 20.4 Å². The minimum Gasteiger partial charge on any atom is -0.357 e. The van der Waals surface area contributed by atoms with Crippen molar-refractivity contribution >= 4 is 23.4 Å². The molecule has 3 heterocycles. The van der Waals surface area contributed by atoms with Gasteiger partial charge in [0, 0.05) is 51.5 Å². The van der Waals surface area contributed by atoms with Crippen molar-refractivity contribution in [3.8, 4) is 0 Å². The minimum absolute atomic E-state index is 0.0338. The second-order valence-electron chi connectivity index (χ2n) is 7.53. The molecule has 0 radical (unpaired) electrons. The maximum Gasteiger partial charge on any atom is 0.229 e. The van der Waals surface area contributed by atoms with Gasteiger partial charge in [-0.2, -0.15) is 0 Å². The third-order valence-electron chi connectivity index (χ3n) is 5.46. The van der Waals surface area contributed by atoms with Gasteiger partial charge in [0.2, 0.25) is 5.91 Å². The quantitative estimate of drug-likeness (QED) is 0.603. The number of rotatable bonds is 5. The van der Waals surface area contributed by atoms with Gasteiger partial charge >= 0.3 is 0 Å². The Morgan fingerprint density at radius 3 is 2.76 bits per heavy atom. The molecule has 2 aliphatic rings. The highest BCUT2D eigenvalue weighted by Crippen LogP contribution is 2.21. The summed E-state index contributed by atoms with van der Waals surface area (Å²) in [6.45, 7) is 3.46.